The van der Waals surface area contributed by atoms with Gasteiger partial charge in [-0.15, -0.1) is 0 Å². The predicted molar refractivity (Wildman–Crippen MR) is 96.4 cm³/mol. The number of carbonyl (C=O) groups excluding carboxylic acids is 1. The SMILES string of the molecule is CC(C)(C)OC(=O)N[C@@H]1C[C@H](CO)[C@@H](O)C1.N[C@@H]1C[C@H](CO)[C@@H](O)C1.O. The molecular formula is C17H36N2O7. The molecule has 0 unspecified atom stereocenters. The molecular weight excluding hydrogens is 344 g/mol. The number of hydrogen-bond acceptors (Lipinski definition) is 7. The van der Waals surface area contributed by atoms with E-state index in [1.54, 1.807) is 20.8 Å². The first-order valence-electron chi connectivity index (χ1n) is 8.88. The Morgan fingerprint density at radius 3 is 1.88 bits per heavy atom. The molecule has 2 saturated carbocycles. The van der Waals surface area contributed by atoms with Crippen LogP contribution in [0.5, 0.6) is 0 Å². The number of alkyl carbamates (subject to hydrolysis) is 1. The van der Waals surface area contributed by atoms with Crippen molar-refractivity contribution in [3.05, 3.63) is 0 Å². The molecule has 0 aromatic rings. The summed E-state index contributed by atoms with van der Waals surface area (Å²) in [6, 6.07) is -0.0147. The number of rotatable bonds is 3. The molecule has 0 aromatic heterocycles. The summed E-state index contributed by atoms with van der Waals surface area (Å²) in [5, 5.41) is 39.0. The second-order valence-corrected chi connectivity index (χ2v) is 8.07. The molecule has 0 bridgehead atoms. The molecule has 9 nitrogen and oxygen atoms in total. The lowest BCUT2D eigenvalue weighted by Gasteiger charge is -2.21. The topological polar surface area (TPSA) is 177 Å². The van der Waals surface area contributed by atoms with Gasteiger partial charge in [0.1, 0.15) is 5.60 Å². The third-order valence-corrected chi connectivity index (χ3v) is 4.54. The lowest BCUT2D eigenvalue weighted by Crippen LogP contribution is -2.38. The largest absolute Gasteiger partial charge is 0.444 e. The number of carbonyl (C=O) groups is 1. The highest BCUT2D eigenvalue weighted by molar-refractivity contribution is 5.68. The first kappa shape index (κ1) is 25.0. The number of ether oxygens (including phenoxy) is 1. The number of aliphatic hydroxyl groups is 4. The highest BCUT2D eigenvalue weighted by Crippen LogP contribution is 2.26. The first-order valence-corrected chi connectivity index (χ1v) is 8.88. The molecule has 0 spiro atoms. The molecule has 2 aliphatic rings. The Kier molecular flexibility index (Phi) is 10.6. The van der Waals surface area contributed by atoms with E-state index in [9.17, 15) is 9.90 Å². The summed E-state index contributed by atoms with van der Waals surface area (Å²) in [6.45, 7) is 5.41. The molecule has 156 valence electrons. The van der Waals surface area contributed by atoms with Gasteiger partial charge in [0.15, 0.2) is 0 Å². The molecule has 0 saturated heterocycles. The van der Waals surface area contributed by atoms with Crippen LogP contribution in [-0.4, -0.2) is 75.1 Å². The van der Waals surface area contributed by atoms with Crippen molar-refractivity contribution in [3.63, 3.8) is 0 Å². The van der Waals surface area contributed by atoms with Gasteiger partial charge in [0.2, 0.25) is 0 Å². The molecule has 6 atom stereocenters. The van der Waals surface area contributed by atoms with E-state index in [2.05, 4.69) is 5.32 Å². The van der Waals surface area contributed by atoms with Crippen molar-refractivity contribution in [1.82, 2.24) is 5.32 Å². The van der Waals surface area contributed by atoms with Crippen LogP contribution in [0.15, 0.2) is 0 Å². The van der Waals surface area contributed by atoms with Crippen LogP contribution in [-0.2, 0) is 4.74 Å². The fourth-order valence-corrected chi connectivity index (χ4v) is 3.23. The quantitative estimate of drug-likeness (QED) is 0.359. The molecule has 0 aliphatic heterocycles. The van der Waals surface area contributed by atoms with E-state index in [0.29, 0.717) is 19.3 Å². The van der Waals surface area contributed by atoms with E-state index in [0.717, 1.165) is 6.42 Å². The molecule has 2 aliphatic carbocycles. The summed E-state index contributed by atoms with van der Waals surface area (Å²) >= 11 is 0. The highest BCUT2D eigenvalue weighted by Gasteiger charge is 2.34. The van der Waals surface area contributed by atoms with Gasteiger partial charge in [-0.3, -0.25) is 0 Å². The van der Waals surface area contributed by atoms with Crippen LogP contribution >= 0.6 is 0 Å². The number of hydrogen-bond donors (Lipinski definition) is 6. The molecule has 2 rings (SSSR count). The van der Waals surface area contributed by atoms with Gasteiger partial charge in [-0.05, 0) is 46.5 Å². The first-order chi connectivity index (χ1) is 11.6. The molecule has 1 amide bonds. The smallest absolute Gasteiger partial charge is 0.407 e. The lowest BCUT2D eigenvalue weighted by atomic mass is 10.1. The van der Waals surface area contributed by atoms with Crippen molar-refractivity contribution in [3.8, 4) is 0 Å². The summed E-state index contributed by atoms with van der Waals surface area (Å²) in [7, 11) is 0. The highest BCUT2D eigenvalue weighted by atomic mass is 16.6. The Hall–Kier alpha value is -0.970. The summed E-state index contributed by atoms with van der Waals surface area (Å²) in [4.78, 5) is 11.4. The van der Waals surface area contributed by atoms with Gasteiger partial charge < -0.3 is 41.7 Å². The minimum atomic E-state index is -0.537. The van der Waals surface area contributed by atoms with Crippen molar-refractivity contribution in [2.45, 2.75) is 76.3 Å². The van der Waals surface area contributed by atoms with Crippen LogP contribution in [0.2, 0.25) is 0 Å². The maximum Gasteiger partial charge on any atom is 0.407 e. The monoisotopic (exact) mass is 380 g/mol. The molecule has 9 N–H and O–H groups in total. The van der Waals surface area contributed by atoms with Gasteiger partial charge in [0.05, 0.1) is 12.2 Å². The Labute approximate surface area is 154 Å². The number of amides is 1. The fourth-order valence-electron chi connectivity index (χ4n) is 3.23. The summed E-state index contributed by atoms with van der Waals surface area (Å²) in [5.41, 5.74) is 5.00. The van der Waals surface area contributed by atoms with Crippen LogP contribution in [0, 0.1) is 11.8 Å². The van der Waals surface area contributed by atoms with Gasteiger partial charge in [-0.1, -0.05) is 0 Å². The van der Waals surface area contributed by atoms with Crippen molar-refractivity contribution in [2.75, 3.05) is 13.2 Å². The maximum absolute atomic E-state index is 11.4. The lowest BCUT2D eigenvalue weighted by molar-refractivity contribution is 0.0502. The number of nitrogens with one attached hydrogen (secondary N) is 1. The van der Waals surface area contributed by atoms with Crippen molar-refractivity contribution in [2.24, 2.45) is 17.6 Å². The van der Waals surface area contributed by atoms with Gasteiger partial charge in [0.25, 0.3) is 0 Å². The minimum absolute atomic E-state index is 0. The second-order valence-electron chi connectivity index (χ2n) is 8.07. The van der Waals surface area contributed by atoms with Crippen LogP contribution in [0.1, 0.15) is 46.5 Å². The minimum Gasteiger partial charge on any atom is -0.444 e. The zero-order valence-corrected chi connectivity index (χ0v) is 15.9. The fraction of sp³-hybridized carbons (Fsp3) is 0.941. The summed E-state index contributed by atoms with van der Waals surface area (Å²) < 4.78 is 5.11. The number of aliphatic hydroxyl groups excluding tert-OH is 4. The molecule has 0 radical (unpaired) electrons. The van der Waals surface area contributed by atoms with Crippen molar-refractivity contribution in [1.29, 1.82) is 0 Å². The third kappa shape index (κ3) is 8.61. The van der Waals surface area contributed by atoms with E-state index in [1.165, 1.54) is 0 Å². The van der Waals surface area contributed by atoms with Crippen LogP contribution in [0.3, 0.4) is 0 Å². The maximum atomic E-state index is 11.4. The normalized spacial score (nSPS) is 33.7. The van der Waals surface area contributed by atoms with Gasteiger partial charge in [-0.25, -0.2) is 4.79 Å². The molecule has 0 aromatic carbocycles. The number of nitrogens with two attached hydrogens (primary N) is 1. The summed E-state index contributed by atoms with van der Waals surface area (Å²) in [5.74, 6) is -0.111. The van der Waals surface area contributed by atoms with Crippen LogP contribution < -0.4 is 11.1 Å². The van der Waals surface area contributed by atoms with E-state index >= 15 is 0 Å². The van der Waals surface area contributed by atoms with E-state index < -0.39 is 17.8 Å². The summed E-state index contributed by atoms with van der Waals surface area (Å²) in [6.07, 6.45) is 1.10. The molecule has 9 heteroatoms. The van der Waals surface area contributed by atoms with E-state index in [-0.39, 0.29) is 48.7 Å². The Morgan fingerprint density at radius 2 is 1.54 bits per heavy atom. The van der Waals surface area contributed by atoms with Crippen LogP contribution in [0.25, 0.3) is 0 Å². The third-order valence-electron chi connectivity index (χ3n) is 4.54. The van der Waals surface area contributed by atoms with Gasteiger partial charge in [0, 0.05) is 37.1 Å². The van der Waals surface area contributed by atoms with Crippen molar-refractivity contribution >= 4 is 6.09 Å². The Morgan fingerprint density at radius 1 is 1.04 bits per heavy atom. The van der Waals surface area contributed by atoms with Gasteiger partial charge >= 0.3 is 6.09 Å². The molecule has 0 heterocycles. The Bertz CT molecular complexity index is 416. The average Bonchev–Trinajstić information content (AvgIpc) is 2.98. The molecule has 26 heavy (non-hydrogen) atoms. The Balaban J connectivity index is 0.000000532. The average molecular weight is 380 g/mol. The zero-order valence-electron chi connectivity index (χ0n) is 15.9. The predicted octanol–water partition coefficient (Wildman–Crippen LogP) is -1.10. The van der Waals surface area contributed by atoms with E-state index in [1.807, 2.05) is 0 Å². The molecule has 2 fully saturated rings. The van der Waals surface area contributed by atoms with Crippen molar-refractivity contribution < 1.29 is 35.4 Å². The standard InChI is InChI=1S/C11H21NO4.C6H13NO2.H2O/c1-11(2,3)16-10(15)12-8-4-7(6-13)9(14)5-8;7-5-1-4(3-8)6(9)2-5;/h7-9,13-14H,4-6H2,1-3H3,(H,12,15);4-6,8-9H,1-3,7H2;1H2/t7-,8-,9+;4-,5-,6+;/m11./s1. The van der Waals surface area contributed by atoms with Crippen LogP contribution in [0.4, 0.5) is 4.79 Å². The zero-order chi connectivity index (χ0) is 19.2. The second kappa shape index (κ2) is 11.0. The van der Waals surface area contributed by atoms with Gasteiger partial charge in [-0.2, -0.15) is 0 Å². The van der Waals surface area contributed by atoms with E-state index in [4.69, 9.17) is 25.8 Å².